The van der Waals surface area contributed by atoms with Crippen LogP contribution in [-0.2, 0) is 19.8 Å². The largest absolute Gasteiger partial charge is 0.433 e. The average Bonchev–Trinajstić information content (AvgIpc) is 3.03. The molecule has 1 saturated heterocycles. The van der Waals surface area contributed by atoms with Gasteiger partial charge in [0.15, 0.2) is 11.3 Å². The van der Waals surface area contributed by atoms with Gasteiger partial charge in [0.2, 0.25) is 0 Å². The van der Waals surface area contributed by atoms with Crippen LogP contribution in [0.5, 0.6) is 0 Å². The summed E-state index contributed by atoms with van der Waals surface area (Å²) in [4.78, 5) is 26.1. The fourth-order valence-electron chi connectivity index (χ4n) is 3.51. The number of aromatic nitrogens is 6. The number of fused-ring (bicyclic) bond motifs is 1. The van der Waals surface area contributed by atoms with Crippen molar-refractivity contribution in [1.82, 2.24) is 29.3 Å². The molecule has 3 aromatic heterocycles. The van der Waals surface area contributed by atoms with Gasteiger partial charge in [-0.2, -0.15) is 18.3 Å². The maximum Gasteiger partial charge on any atom is 0.433 e. The molecule has 1 fully saturated rings. The van der Waals surface area contributed by atoms with Crippen LogP contribution in [0.4, 0.5) is 19.0 Å². The standard InChI is InChI=1S/C17H18F3N7O/c1-25-8-12-15(24-25)21-9-22-16(12)26-4-2-11(3-5-26)7-27-10-23-13(6-14(27)28)17(18,19)20/h6,8-11H,2-5,7H2,1H3. The van der Waals surface area contributed by atoms with Crippen LogP contribution in [0.2, 0.25) is 0 Å². The highest BCUT2D eigenvalue weighted by molar-refractivity contribution is 5.86. The van der Waals surface area contributed by atoms with Crippen molar-refractivity contribution in [3.8, 4) is 0 Å². The van der Waals surface area contributed by atoms with Gasteiger partial charge in [-0.3, -0.25) is 14.0 Å². The summed E-state index contributed by atoms with van der Waals surface area (Å²) < 4.78 is 40.9. The van der Waals surface area contributed by atoms with Crippen molar-refractivity contribution in [1.29, 1.82) is 0 Å². The van der Waals surface area contributed by atoms with Gasteiger partial charge in [-0.1, -0.05) is 0 Å². The molecule has 11 heteroatoms. The SMILES string of the molecule is Cn1cc2c(N3CCC(Cn4cnc(C(F)(F)F)cc4=O)CC3)ncnc2n1. The van der Waals surface area contributed by atoms with E-state index in [4.69, 9.17) is 0 Å². The van der Waals surface area contributed by atoms with Crippen LogP contribution in [0.15, 0.2) is 29.7 Å². The van der Waals surface area contributed by atoms with E-state index >= 15 is 0 Å². The Morgan fingerprint density at radius 3 is 2.61 bits per heavy atom. The van der Waals surface area contributed by atoms with Crippen molar-refractivity contribution in [2.45, 2.75) is 25.6 Å². The first-order valence-corrected chi connectivity index (χ1v) is 8.84. The number of hydrogen-bond acceptors (Lipinski definition) is 6. The fourth-order valence-corrected chi connectivity index (χ4v) is 3.51. The lowest BCUT2D eigenvalue weighted by Gasteiger charge is -2.33. The Labute approximate surface area is 157 Å². The molecule has 0 unspecified atom stereocenters. The molecule has 0 amide bonds. The second kappa shape index (κ2) is 6.88. The van der Waals surface area contributed by atoms with Crippen molar-refractivity contribution >= 4 is 16.9 Å². The van der Waals surface area contributed by atoms with E-state index in [1.165, 1.54) is 10.9 Å². The summed E-state index contributed by atoms with van der Waals surface area (Å²) in [6.45, 7) is 1.81. The molecular formula is C17H18F3N7O. The quantitative estimate of drug-likeness (QED) is 0.676. The van der Waals surface area contributed by atoms with Crippen molar-refractivity contribution in [2.24, 2.45) is 13.0 Å². The third-order valence-corrected chi connectivity index (χ3v) is 4.95. The van der Waals surface area contributed by atoms with E-state index in [-0.39, 0.29) is 5.92 Å². The number of alkyl halides is 3. The van der Waals surface area contributed by atoms with Gasteiger partial charge in [-0.25, -0.2) is 15.0 Å². The molecule has 8 nitrogen and oxygen atoms in total. The molecule has 148 valence electrons. The van der Waals surface area contributed by atoms with Crippen molar-refractivity contribution in [2.75, 3.05) is 18.0 Å². The Kier molecular flexibility index (Phi) is 4.52. The van der Waals surface area contributed by atoms with Crippen LogP contribution in [0.3, 0.4) is 0 Å². The van der Waals surface area contributed by atoms with Gasteiger partial charge in [0.1, 0.15) is 12.1 Å². The number of nitrogens with zero attached hydrogens (tertiary/aromatic N) is 7. The van der Waals surface area contributed by atoms with Crippen LogP contribution in [0, 0.1) is 5.92 Å². The third-order valence-electron chi connectivity index (χ3n) is 4.95. The Morgan fingerprint density at radius 1 is 1.18 bits per heavy atom. The molecule has 1 aliphatic heterocycles. The number of rotatable bonds is 3. The summed E-state index contributed by atoms with van der Waals surface area (Å²) >= 11 is 0. The summed E-state index contributed by atoms with van der Waals surface area (Å²) in [5.41, 5.74) is -1.21. The van der Waals surface area contributed by atoms with Gasteiger partial charge in [-0.05, 0) is 18.8 Å². The molecule has 0 saturated carbocycles. The molecule has 0 aliphatic carbocycles. The van der Waals surface area contributed by atoms with Gasteiger partial charge in [-0.15, -0.1) is 0 Å². The predicted octanol–water partition coefficient (Wildman–Crippen LogP) is 1.86. The highest BCUT2D eigenvalue weighted by Crippen LogP contribution is 2.28. The highest BCUT2D eigenvalue weighted by Gasteiger charge is 2.33. The Morgan fingerprint density at radius 2 is 1.93 bits per heavy atom. The van der Waals surface area contributed by atoms with Crippen molar-refractivity contribution < 1.29 is 13.2 Å². The Bertz CT molecular complexity index is 1050. The molecule has 0 N–H and O–H groups in total. The fraction of sp³-hybridized carbons (Fsp3) is 0.471. The number of anilines is 1. The summed E-state index contributed by atoms with van der Waals surface area (Å²) in [5.74, 6) is 1.00. The Balaban J connectivity index is 1.44. The molecule has 3 aromatic rings. The number of hydrogen-bond donors (Lipinski definition) is 0. The monoisotopic (exact) mass is 393 g/mol. The molecular weight excluding hydrogens is 375 g/mol. The maximum atomic E-state index is 12.6. The predicted molar refractivity (Wildman–Crippen MR) is 94.7 cm³/mol. The van der Waals surface area contributed by atoms with E-state index in [2.05, 4.69) is 25.0 Å². The number of aryl methyl sites for hydroxylation is 1. The van der Waals surface area contributed by atoms with Crippen molar-refractivity contribution in [3.05, 3.63) is 41.0 Å². The lowest BCUT2D eigenvalue weighted by atomic mass is 9.96. The van der Waals surface area contributed by atoms with E-state index in [0.717, 1.165) is 43.5 Å². The van der Waals surface area contributed by atoms with Crippen LogP contribution >= 0.6 is 0 Å². The minimum absolute atomic E-state index is 0.179. The zero-order chi connectivity index (χ0) is 19.9. The minimum atomic E-state index is -4.61. The molecule has 0 bridgehead atoms. The molecule has 4 rings (SSSR count). The van der Waals surface area contributed by atoms with Crippen LogP contribution < -0.4 is 10.5 Å². The molecule has 0 aromatic carbocycles. The first-order valence-electron chi connectivity index (χ1n) is 8.84. The summed E-state index contributed by atoms with van der Waals surface area (Å²) in [7, 11) is 1.83. The van der Waals surface area contributed by atoms with E-state index in [1.807, 2.05) is 13.2 Å². The van der Waals surface area contributed by atoms with Gasteiger partial charge in [0, 0.05) is 38.9 Å². The summed E-state index contributed by atoms with van der Waals surface area (Å²) in [6.07, 6.45) is 1.33. The average molecular weight is 393 g/mol. The lowest BCUT2D eigenvalue weighted by Crippen LogP contribution is -2.37. The third kappa shape index (κ3) is 3.56. The lowest BCUT2D eigenvalue weighted by molar-refractivity contribution is -0.141. The summed E-state index contributed by atoms with van der Waals surface area (Å²) in [6, 6.07) is 0.551. The maximum absolute atomic E-state index is 12.6. The molecule has 28 heavy (non-hydrogen) atoms. The molecule has 0 spiro atoms. The van der Waals surface area contributed by atoms with Crippen LogP contribution in [0.1, 0.15) is 18.5 Å². The first-order chi connectivity index (χ1) is 13.3. The van der Waals surface area contributed by atoms with Crippen molar-refractivity contribution in [3.63, 3.8) is 0 Å². The minimum Gasteiger partial charge on any atom is -0.356 e. The van der Waals surface area contributed by atoms with Gasteiger partial charge in [0.05, 0.1) is 11.7 Å². The first kappa shape index (κ1) is 18.4. The van der Waals surface area contributed by atoms with E-state index in [0.29, 0.717) is 18.3 Å². The number of halogens is 3. The van der Waals surface area contributed by atoms with Crippen LogP contribution in [0.25, 0.3) is 11.0 Å². The zero-order valence-electron chi connectivity index (χ0n) is 15.1. The molecule has 0 radical (unpaired) electrons. The van der Waals surface area contributed by atoms with E-state index in [9.17, 15) is 18.0 Å². The van der Waals surface area contributed by atoms with Crippen LogP contribution in [-0.4, -0.2) is 42.4 Å². The molecule has 4 heterocycles. The second-order valence-electron chi connectivity index (χ2n) is 6.93. The van der Waals surface area contributed by atoms with E-state index < -0.39 is 17.4 Å². The zero-order valence-corrected chi connectivity index (χ0v) is 15.1. The second-order valence-corrected chi connectivity index (χ2v) is 6.93. The molecule has 1 aliphatic rings. The summed E-state index contributed by atoms with van der Waals surface area (Å²) in [5, 5.41) is 5.17. The smallest absolute Gasteiger partial charge is 0.356 e. The van der Waals surface area contributed by atoms with Gasteiger partial charge < -0.3 is 4.90 Å². The normalized spacial score (nSPS) is 16.1. The number of piperidine rings is 1. The van der Waals surface area contributed by atoms with Gasteiger partial charge in [0.25, 0.3) is 5.56 Å². The van der Waals surface area contributed by atoms with Gasteiger partial charge >= 0.3 is 6.18 Å². The Hall–Kier alpha value is -2.98. The molecule has 0 atom stereocenters. The highest BCUT2D eigenvalue weighted by atomic mass is 19.4. The topological polar surface area (TPSA) is 81.7 Å². The van der Waals surface area contributed by atoms with E-state index in [1.54, 1.807) is 4.68 Å².